The molecular weight excluding hydrogens is 711 g/mol. The Morgan fingerprint density at radius 1 is 0.833 bits per heavy atom. The van der Waals surface area contributed by atoms with E-state index in [9.17, 15) is 24.0 Å². The van der Waals surface area contributed by atoms with Crippen molar-refractivity contribution in [3.05, 3.63) is 118 Å². The van der Waals surface area contributed by atoms with Gasteiger partial charge in [-0.15, -0.1) is 11.8 Å². The molecule has 3 aromatic carbocycles. The molecule has 0 spiro atoms. The number of fused-ring (bicyclic) bond motifs is 1. The van der Waals surface area contributed by atoms with Crippen molar-refractivity contribution in [2.75, 3.05) is 6.54 Å². The molecule has 3 atom stereocenters. The number of amides is 3. The Bertz CT molecular complexity index is 1940. The number of β-lactam (4-membered cyclic amide) rings is 1. The number of nitrogens with zero attached hydrogens (tertiary/aromatic N) is 1. The number of rotatable bonds is 8. The highest BCUT2D eigenvalue weighted by molar-refractivity contribution is 8.03. The first kappa shape index (κ1) is 38.2. The minimum Gasteiger partial charge on any atom is -0.451 e. The number of carbonyl (C=O) groups excluding carboxylic acids is 5. The second-order valence-electron chi connectivity index (χ2n) is 15.0. The predicted octanol–water partition coefficient (Wildman–Crippen LogP) is 6.67. The van der Waals surface area contributed by atoms with Crippen LogP contribution in [0.4, 0.5) is 9.59 Å². The topological polar surface area (TPSA) is 150 Å². The number of carbonyl (C=O) groups is 5. The van der Waals surface area contributed by atoms with Gasteiger partial charge in [0.25, 0.3) is 0 Å². The average Bonchev–Trinajstić information content (AvgIpc) is 3.54. The van der Waals surface area contributed by atoms with Crippen molar-refractivity contribution in [3.8, 4) is 5.75 Å². The Morgan fingerprint density at radius 2 is 1.43 bits per heavy atom. The van der Waals surface area contributed by atoms with Gasteiger partial charge in [-0.1, -0.05) is 72.8 Å². The summed E-state index contributed by atoms with van der Waals surface area (Å²) in [7, 11) is 0. The van der Waals surface area contributed by atoms with E-state index in [-0.39, 0.29) is 11.7 Å². The van der Waals surface area contributed by atoms with Gasteiger partial charge in [0, 0.05) is 17.7 Å². The van der Waals surface area contributed by atoms with Crippen LogP contribution in [0, 0.1) is 0 Å². The minimum atomic E-state index is -1.30. The van der Waals surface area contributed by atoms with Crippen LogP contribution in [0.15, 0.2) is 101 Å². The molecule has 54 heavy (non-hydrogen) atoms. The molecule has 0 aliphatic carbocycles. The lowest BCUT2D eigenvalue weighted by Crippen LogP contribution is -2.74. The van der Waals surface area contributed by atoms with E-state index in [0.29, 0.717) is 35.2 Å². The van der Waals surface area contributed by atoms with Gasteiger partial charge in [0.15, 0.2) is 12.1 Å². The molecular formula is C41H43N3O9S. The fourth-order valence-corrected chi connectivity index (χ4v) is 7.59. The molecule has 12 nitrogen and oxygen atoms in total. The van der Waals surface area contributed by atoms with Crippen LogP contribution in [0.25, 0.3) is 5.57 Å². The van der Waals surface area contributed by atoms with Crippen molar-refractivity contribution in [2.24, 2.45) is 0 Å². The molecule has 2 N–H and O–H groups in total. The number of hydrogen-bond donors (Lipinski definition) is 2. The highest BCUT2D eigenvalue weighted by Gasteiger charge is 2.57. The summed E-state index contributed by atoms with van der Waals surface area (Å²) in [5, 5.41) is 6.60. The number of ether oxygens (including phenoxy) is 4. The molecule has 0 radical (unpaired) electrons. The van der Waals surface area contributed by atoms with Gasteiger partial charge in [0.2, 0.25) is 11.8 Å². The van der Waals surface area contributed by atoms with Gasteiger partial charge in [0.1, 0.15) is 28.4 Å². The summed E-state index contributed by atoms with van der Waals surface area (Å²) in [4.78, 5) is 68.7. The molecule has 282 valence electrons. The molecule has 2 saturated heterocycles. The third kappa shape index (κ3) is 8.62. The third-order valence-electron chi connectivity index (χ3n) is 8.58. The quantitative estimate of drug-likeness (QED) is 0.0840. The first-order chi connectivity index (χ1) is 25.6. The zero-order valence-corrected chi connectivity index (χ0v) is 31.7. The normalized spacial score (nSPS) is 20.5. The highest BCUT2D eigenvalue weighted by Crippen LogP contribution is 2.46. The zero-order valence-electron chi connectivity index (χ0n) is 30.9. The number of hydrogen-bond acceptors (Lipinski definition) is 10. The Hall–Kier alpha value is -5.56. The van der Waals surface area contributed by atoms with Gasteiger partial charge in [0.05, 0.1) is 0 Å². The van der Waals surface area contributed by atoms with E-state index in [1.807, 2.05) is 60.7 Å². The van der Waals surface area contributed by atoms with E-state index in [1.165, 1.54) is 16.7 Å². The molecule has 0 aromatic heterocycles. The van der Waals surface area contributed by atoms with E-state index < -0.39 is 58.9 Å². The van der Waals surface area contributed by atoms with E-state index in [2.05, 4.69) is 10.6 Å². The zero-order chi connectivity index (χ0) is 38.8. The van der Waals surface area contributed by atoms with Crippen LogP contribution < -0.4 is 15.4 Å². The molecule has 13 heteroatoms. The lowest BCUT2D eigenvalue weighted by molar-refractivity contribution is -0.164. The van der Waals surface area contributed by atoms with Crippen molar-refractivity contribution in [2.45, 2.75) is 82.7 Å². The van der Waals surface area contributed by atoms with Gasteiger partial charge in [-0.05, 0) is 87.8 Å². The molecule has 2 fully saturated rings. The fourth-order valence-electron chi connectivity index (χ4n) is 6.36. The van der Waals surface area contributed by atoms with Gasteiger partial charge >= 0.3 is 18.2 Å². The summed E-state index contributed by atoms with van der Waals surface area (Å²) in [6.07, 6.45) is -2.11. The molecule has 0 unspecified atom stereocenters. The third-order valence-corrected chi connectivity index (χ3v) is 9.75. The Balaban J connectivity index is 1.40. The van der Waals surface area contributed by atoms with Crippen molar-refractivity contribution in [1.82, 2.24) is 15.5 Å². The fraction of sp³-hybridized carbons (Fsp3) is 0.341. The summed E-state index contributed by atoms with van der Waals surface area (Å²) < 4.78 is 22.5. The van der Waals surface area contributed by atoms with Crippen LogP contribution >= 0.6 is 11.8 Å². The van der Waals surface area contributed by atoms with Crippen molar-refractivity contribution in [1.29, 1.82) is 0 Å². The predicted molar refractivity (Wildman–Crippen MR) is 202 cm³/mol. The molecule has 0 bridgehead atoms. The molecule has 6 rings (SSSR count). The summed E-state index contributed by atoms with van der Waals surface area (Å²) >= 11 is 1.24. The van der Waals surface area contributed by atoms with E-state index in [4.69, 9.17) is 18.9 Å². The Kier molecular flexibility index (Phi) is 10.9. The molecule has 3 aliphatic rings. The molecule has 3 aromatic rings. The molecule has 3 heterocycles. The van der Waals surface area contributed by atoms with Crippen LogP contribution in [0.3, 0.4) is 0 Å². The standard InChI is InChI=1S/C41H43N3O9S/c1-40(2,3)52-38(48)43-31-35(46)44-32(37(47)51-33(25-13-9-7-10-14-25)26-15-11-8-12-16-26)29(23-54-36(31)44)30(28-21-22-42-34(28)45)24-17-19-27(20-18-24)50-39(49)53-41(4,5)6/h7-20,23,31-33,36H,21-22H2,1-6H3,(H,42,45)(H,43,48)/t31-,32-,36-/m1/s1. The maximum atomic E-state index is 14.8. The lowest BCUT2D eigenvalue weighted by Gasteiger charge is -2.52. The number of esters is 1. The maximum absolute atomic E-state index is 14.8. The SMILES string of the molecule is CC(C)(C)OC(=O)N[C@@H]1C(=O)N2[C@@H](C(=O)OC(c3ccccc3)c3ccccc3)C(C(=C3CCNC3=O)c3ccc(OC(=O)OC(C)(C)C)cc3)=CS[C@H]12. The second-order valence-corrected chi connectivity index (χ2v) is 16.0. The van der Waals surface area contributed by atoms with E-state index >= 15 is 0 Å². The summed E-state index contributed by atoms with van der Waals surface area (Å²) in [6, 6.07) is 22.7. The van der Waals surface area contributed by atoms with Gasteiger partial charge in [-0.25, -0.2) is 14.4 Å². The first-order valence-corrected chi connectivity index (χ1v) is 18.5. The molecule has 0 saturated carbocycles. The number of alkyl carbamates (subject to hydrolysis) is 1. The van der Waals surface area contributed by atoms with Crippen LogP contribution in [-0.2, 0) is 28.6 Å². The average molecular weight is 754 g/mol. The smallest absolute Gasteiger partial charge is 0.451 e. The van der Waals surface area contributed by atoms with Crippen molar-refractivity contribution >= 4 is 47.4 Å². The summed E-state index contributed by atoms with van der Waals surface area (Å²) in [5.74, 6) is -1.35. The highest BCUT2D eigenvalue weighted by atomic mass is 32.2. The Labute approximate surface area is 318 Å². The van der Waals surface area contributed by atoms with Crippen LogP contribution in [0.5, 0.6) is 5.75 Å². The van der Waals surface area contributed by atoms with Crippen molar-refractivity contribution in [3.63, 3.8) is 0 Å². The number of thioether (sulfide) groups is 1. The lowest BCUT2D eigenvalue weighted by atomic mass is 9.86. The second kappa shape index (κ2) is 15.4. The van der Waals surface area contributed by atoms with E-state index in [1.54, 1.807) is 71.2 Å². The van der Waals surface area contributed by atoms with Crippen molar-refractivity contribution < 1.29 is 42.9 Å². The van der Waals surface area contributed by atoms with Crippen LogP contribution in [0.2, 0.25) is 0 Å². The number of nitrogens with one attached hydrogen (secondary N) is 2. The van der Waals surface area contributed by atoms with Crippen LogP contribution in [-0.4, -0.2) is 70.1 Å². The molecule has 3 amide bonds. The molecule has 3 aliphatic heterocycles. The van der Waals surface area contributed by atoms with E-state index in [0.717, 1.165) is 11.1 Å². The van der Waals surface area contributed by atoms with Crippen LogP contribution in [0.1, 0.15) is 70.8 Å². The Morgan fingerprint density at radius 3 is 1.96 bits per heavy atom. The monoisotopic (exact) mass is 753 g/mol. The first-order valence-electron chi connectivity index (χ1n) is 17.6. The van der Waals surface area contributed by atoms with Gasteiger partial charge in [-0.2, -0.15) is 0 Å². The summed E-state index contributed by atoms with van der Waals surface area (Å²) in [5.41, 5.74) is 1.66. The van der Waals surface area contributed by atoms with Gasteiger partial charge in [-0.3, -0.25) is 9.59 Å². The van der Waals surface area contributed by atoms with Gasteiger partial charge < -0.3 is 34.5 Å². The number of benzene rings is 3. The maximum Gasteiger partial charge on any atom is 0.514 e. The summed E-state index contributed by atoms with van der Waals surface area (Å²) in [6.45, 7) is 10.7. The minimum absolute atomic E-state index is 0.207. The largest absolute Gasteiger partial charge is 0.514 e.